The monoisotopic (exact) mass is 279 g/mol. The molecule has 0 saturated carbocycles. The van der Waals surface area contributed by atoms with Crippen LogP contribution in [-0.4, -0.2) is 6.54 Å². The van der Waals surface area contributed by atoms with Crippen LogP contribution in [0.15, 0.2) is 36.4 Å². The smallest absolute Gasteiger partial charge is 0.146 e. The van der Waals surface area contributed by atoms with Gasteiger partial charge in [-0.05, 0) is 61.3 Å². The van der Waals surface area contributed by atoms with Crippen LogP contribution in [0.3, 0.4) is 0 Å². The Morgan fingerprint density at radius 1 is 1.16 bits per heavy atom. The summed E-state index contributed by atoms with van der Waals surface area (Å²) >= 11 is 6.12. The average Bonchev–Trinajstić information content (AvgIpc) is 2.36. The van der Waals surface area contributed by atoms with Crippen molar-refractivity contribution in [3.8, 4) is 11.5 Å². The lowest BCUT2D eigenvalue weighted by Crippen LogP contribution is -2.04. The van der Waals surface area contributed by atoms with Gasteiger partial charge in [-0.2, -0.15) is 0 Å². The van der Waals surface area contributed by atoms with Crippen LogP contribution in [0.4, 0.5) is 4.39 Å². The summed E-state index contributed by atoms with van der Waals surface area (Å²) in [7, 11) is 0. The summed E-state index contributed by atoms with van der Waals surface area (Å²) in [5, 5.41) is 0.531. The van der Waals surface area contributed by atoms with Crippen molar-refractivity contribution in [1.29, 1.82) is 0 Å². The van der Waals surface area contributed by atoms with E-state index in [0.717, 1.165) is 11.1 Å². The van der Waals surface area contributed by atoms with Gasteiger partial charge in [0.2, 0.25) is 0 Å². The van der Waals surface area contributed by atoms with Gasteiger partial charge in [0.15, 0.2) is 0 Å². The summed E-state index contributed by atoms with van der Waals surface area (Å²) in [5.74, 6) is 0.834. The number of ether oxygens (including phenoxy) is 1. The third kappa shape index (κ3) is 3.46. The molecule has 0 unspecified atom stereocenters. The van der Waals surface area contributed by atoms with Crippen molar-refractivity contribution in [2.24, 2.45) is 5.73 Å². The Morgan fingerprint density at radius 3 is 2.58 bits per heavy atom. The predicted octanol–water partition coefficient (Wildman–Crippen LogP) is 4.08. The van der Waals surface area contributed by atoms with Gasteiger partial charge in [-0.25, -0.2) is 4.39 Å². The van der Waals surface area contributed by atoms with Crippen molar-refractivity contribution >= 4 is 11.6 Å². The van der Waals surface area contributed by atoms with E-state index in [1.54, 1.807) is 12.1 Å². The highest BCUT2D eigenvalue weighted by molar-refractivity contribution is 6.32. The lowest BCUT2D eigenvalue weighted by atomic mass is 10.1. The second-order valence-corrected chi connectivity index (χ2v) is 4.73. The molecule has 0 aliphatic heterocycles. The van der Waals surface area contributed by atoms with E-state index >= 15 is 0 Å². The largest absolute Gasteiger partial charge is 0.456 e. The number of hydrogen-bond acceptors (Lipinski definition) is 2. The van der Waals surface area contributed by atoms with Gasteiger partial charge in [0, 0.05) is 0 Å². The first-order chi connectivity index (χ1) is 9.10. The van der Waals surface area contributed by atoms with Crippen molar-refractivity contribution in [1.82, 2.24) is 0 Å². The molecule has 19 heavy (non-hydrogen) atoms. The van der Waals surface area contributed by atoms with E-state index in [1.807, 2.05) is 19.1 Å². The maximum absolute atomic E-state index is 13.2. The molecule has 2 nitrogen and oxygen atoms in total. The molecule has 100 valence electrons. The molecule has 2 aromatic carbocycles. The Hall–Kier alpha value is -1.58. The van der Waals surface area contributed by atoms with Crippen LogP contribution in [0.2, 0.25) is 5.02 Å². The maximum Gasteiger partial charge on any atom is 0.146 e. The fourth-order valence-corrected chi connectivity index (χ4v) is 2.08. The van der Waals surface area contributed by atoms with E-state index < -0.39 is 0 Å². The van der Waals surface area contributed by atoms with Crippen LogP contribution >= 0.6 is 11.6 Å². The number of halogens is 2. The van der Waals surface area contributed by atoms with Crippen molar-refractivity contribution in [2.75, 3.05) is 6.54 Å². The maximum atomic E-state index is 13.2. The summed E-state index contributed by atoms with van der Waals surface area (Å²) in [6.45, 7) is 2.38. The number of hydrogen-bond donors (Lipinski definition) is 1. The minimum Gasteiger partial charge on any atom is -0.456 e. The number of benzene rings is 2. The Morgan fingerprint density at radius 2 is 1.89 bits per heavy atom. The summed E-state index contributed by atoms with van der Waals surface area (Å²) in [6.07, 6.45) is 0.552. The second-order valence-electron chi connectivity index (χ2n) is 4.33. The van der Waals surface area contributed by atoms with Gasteiger partial charge in [-0.15, -0.1) is 0 Å². The molecule has 0 spiro atoms. The van der Waals surface area contributed by atoms with Crippen LogP contribution in [0.25, 0.3) is 0 Å². The molecular formula is C15H15ClFNO. The highest BCUT2D eigenvalue weighted by atomic mass is 35.5. The summed E-state index contributed by atoms with van der Waals surface area (Å²) < 4.78 is 19.0. The SMILES string of the molecule is Cc1ccc(Oc2ccc(F)cc2CCN)c(Cl)c1. The summed E-state index contributed by atoms with van der Waals surface area (Å²) in [5.41, 5.74) is 7.31. The molecule has 2 rings (SSSR count). The standard InChI is InChI=1S/C15H15ClFNO/c1-10-2-4-15(13(16)8-10)19-14-5-3-12(17)9-11(14)6-7-18/h2-5,8-9H,6-7,18H2,1H3. The zero-order chi connectivity index (χ0) is 13.8. The Bertz CT molecular complexity index is 586. The highest BCUT2D eigenvalue weighted by Crippen LogP contribution is 2.32. The van der Waals surface area contributed by atoms with E-state index in [1.165, 1.54) is 12.1 Å². The van der Waals surface area contributed by atoms with Gasteiger partial charge in [0.1, 0.15) is 17.3 Å². The molecule has 0 amide bonds. The summed E-state index contributed by atoms with van der Waals surface area (Å²) in [6, 6.07) is 9.92. The molecule has 0 fully saturated rings. The fraction of sp³-hybridized carbons (Fsp3) is 0.200. The molecule has 0 saturated heterocycles. The van der Waals surface area contributed by atoms with Gasteiger partial charge in [0.05, 0.1) is 5.02 Å². The van der Waals surface area contributed by atoms with E-state index in [4.69, 9.17) is 22.1 Å². The predicted molar refractivity (Wildman–Crippen MR) is 75.4 cm³/mol. The molecule has 0 aliphatic carbocycles. The number of aryl methyl sites for hydroxylation is 1. The van der Waals surface area contributed by atoms with Crippen LogP contribution in [0.1, 0.15) is 11.1 Å². The topological polar surface area (TPSA) is 35.2 Å². The average molecular weight is 280 g/mol. The van der Waals surface area contributed by atoms with E-state index in [-0.39, 0.29) is 5.82 Å². The van der Waals surface area contributed by atoms with Gasteiger partial charge >= 0.3 is 0 Å². The molecule has 0 aromatic heterocycles. The lowest BCUT2D eigenvalue weighted by molar-refractivity contribution is 0.474. The first-order valence-electron chi connectivity index (χ1n) is 6.02. The molecular weight excluding hydrogens is 265 g/mol. The van der Waals surface area contributed by atoms with E-state index in [9.17, 15) is 4.39 Å². The molecule has 2 aromatic rings. The van der Waals surface area contributed by atoms with Gasteiger partial charge in [-0.3, -0.25) is 0 Å². The highest BCUT2D eigenvalue weighted by Gasteiger charge is 2.08. The fourth-order valence-electron chi connectivity index (χ4n) is 1.81. The molecule has 0 radical (unpaired) electrons. The quantitative estimate of drug-likeness (QED) is 0.915. The zero-order valence-corrected chi connectivity index (χ0v) is 11.4. The van der Waals surface area contributed by atoms with E-state index in [2.05, 4.69) is 0 Å². The molecule has 0 heterocycles. The van der Waals surface area contributed by atoms with Crippen molar-refractivity contribution in [3.05, 3.63) is 58.4 Å². The van der Waals surface area contributed by atoms with Crippen molar-refractivity contribution in [3.63, 3.8) is 0 Å². The van der Waals surface area contributed by atoms with Crippen LogP contribution in [0.5, 0.6) is 11.5 Å². The minimum absolute atomic E-state index is 0.300. The molecule has 0 bridgehead atoms. The second kappa shape index (κ2) is 6.04. The lowest BCUT2D eigenvalue weighted by Gasteiger charge is -2.12. The van der Waals surface area contributed by atoms with Crippen LogP contribution < -0.4 is 10.5 Å². The van der Waals surface area contributed by atoms with Crippen LogP contribution in [0, 0.1) is 12.7 Å². The van der Waals surface area contributed by atoms with Crippen LogP contribution in [-0.2, 0) is 6.42 Å². The third-order valence-corrected chi connectivity index (χ3v) is 3.04. The molecule has 0 atom stereocenters. The van der Waals surface area contributed by atoms with Crippen molar-refractivity contribution in [2.45, 2.75) is 13.3 Å². The normalized spacial score (nSPS) is 10.5. The third-order valence-electron chi connectivity index (χ3n) is 2.74. The first kappa shape index (κ1) is 13.8. The van der Waals surface area contributed by atoms with Gasteiger partial charge in [-0.1, -0.05) is 17.7 Å². The number of rotatable bonds is 4. The molecule has 4 heteroatoms. The Labute approximate surface area is 117 Å². The van der Waals surface area contributed by atoms with E-state index in [0.29, 0.717) is 29.5 Å². The van der Waals surface area contributed by atoms with Crippen molar-refractivity contribution < 1.29 is 9.13 Å². The minimum atomic E-state index is -0.300. The molecule has 2 N–H and O–H groups in total. The zero-order valence-electron chi connectivity index (χ0n) is 10.6. The Balaban J connectivity index is 2.32. The Kier molecular flexibility index (Phi) is 4.40. The number of nitrogens with two attached hydrogens (primary N) is 1. The van der Waals surface area contributed by atoms with Gasteiger partial charge in [0.25, 0.3) is 0 Å². The summed E-state index contributed by atoms with van der Waals surface area (Å²) in [4.78, 5) is 0. The van der Waals surface area contributed by atoms with Gasteiger partial charge < -0.3 is 10.5 Å². The first-order valence-corrected chi connectivity index (χ1v) is 6.40. The molecule has 0 aliphatic rings.